The lowest BCUT2D eigenvalue weighted by Gasteiger charge is -2.08. The zero-order chi connectivity index (χ0) is 14.1. The lowest BCUT2D eigenvalue weighted by Crippen LogP contribution is -2.04. The molecular weight excluding hydrogens is 266 g/mol. The lowest BCUT2D eigenvalue weighted by atomic mass is 10.2. The molecule has 1 aliphatic rings. The zero-order valence-corrected chi connectivity index (χ0v) is 10.6. The summed E-state index contributed by atoms with van der Waals surface area (Å²) in [5, 5.41) is 9.84. The fourth-order valence-electron chi connectivity index (χ4n) is 2.26. The molecule has 104 valence electrons. The molecule has 2 aromatic heterocycles. The van der Waals surface area contributed by atoms with Gasteiger partial charge in [-0.2, -0.15) is 0 Å². The standard InChI is InChI=1S/C14H12F2N2O2/c15-8-4-10(16)12(17-6-8)7-20-14-5-13(19)9-2-1-3-11(9)18-14/h4-6H,1-3,7H2,(H,18,19). The minimum atomic E-state index is -0.768. The third-order valence-electron chi connectivity index (χ3n) is 3.24. The van der Waals surface area contributed by atoms with E-state index in [0.29, 0.717) is 0 Å². The molecule has 2 aromatic rings. The van der Waals surface area contributed by atoms with Crippen LogP contribution in [0.2, 0.25) is 0 Å². The van der Waals surface area contributed by atoms with Crippen LogP contribution < -0.4 is 4.74 Å². The first-order valence-corrected chi connectivity index (χ1v) is 6.28. The lowest BCUT2D eigenvalue weighted by molar-refractivity contribution is 0.279. The van der Waals surface area contributed by atoms with Crippen LogP contribution in [0.15, 0.2) is 18.3 Å². The van der Waals surface area contributed by atoms with Crippen molar-refractivity contribution < 1.29 is 18.6 Å². The molecule has 4 nitrogen and oxygen atoms in total. The van der Waals surface area contributed by atoms with Crippen LogP contribution >= 0.6 is 0 Å². The minimum absolute atomic E-state index is 0.00631. The fourth-order valence-corrected chi connectivity index (χ4v) is 2.26. The first-order chi connectivity index (χ1) is 9.63. The van der Waals surface area contributed by atoms with Crippen molar-refractivity contribution in [1.82, 2.24) is 9.97 Å². The van der Waals surface area contributed by atoms with E-state index in [1.807, 2.05) is 0 Å². The molecule has 1 N–H and O–H groups in total. The van der Waals surface area contributed by atoms with Crippen LogP contribution in [0, 0.1) is 11.6 Å². The van der Waals surface area contributed by atoms with Gasteiger partial charge in [0, 0.05) is 17.7 Å². The predicted molar refractivity (Wildman–Crippen MR) is 66.4 cm³/mol. The molecule has 0 saturated carbocycles. The predicted octanol–water partition coefficient (Wildman–Crippen LogP) is 2.53. The maximum absolute atomic E-state index is 13.4. The van der Waals surface area contributed by atoms with Crippen LogP contribution in [0.25, 0.3) is 0 Å². The van der Waals surface area contributed by atoms with Gasteiger partial charge in [-0.1, -0.05) is 0 Å². The minimum Gasteiger partial charge on any atom is -0.507 e. The molecule has 0 saturated heterocycles. The highest BCUT2D eigenvalue weighted by Crippen LogP contribution is 2.31. The average molecular weight is 278 g/mol. The maximum atomic E-state index is 13.4. The Bertz CT molecular complexity index is 662. The number of aryl methyl sites for hydroxylation is 1. The Morgan fingerprint density at radius 2 is 2.10 bits per heavy atom. The van der Waals surface area contributed by atoms with Gasteiger partial charge in [-0.25, -0.2) is 13.8 Å². The molecule has 1 aliphatic carbocycles. The van der Waals surface area contributed by atoms with Gasteiger partial charge in [-0.15, -0.1) is 0 Å². The number of aromatic nitrogens is 2. The van der Waals surface area contributed by atoms with E-state index < -0.39 is 11.6 Å². The van der Waals surface area contributed by atoms with Gasteiger partial charge >= 0.3 is 0 Å². The Balaban J connectivity index is 1.77. The second kappa shape index (κ2) is 5.03. The van der Waals surface area contributed by atoms with Gasteiger partial charge in [0.05, 0.1) is 11.9 Å². The maximum Gasteiger partial charge on any atom is 0.217 e. The van der Waals surface area contributed by atoms with Crippen molar-refractivity contribution >= 4 is 0 Å². The number of nitrogens with zero attached hydrogens (tertiary/aromatic N) is 2. The largest absolute Gasteiger partial charge is 0.507 e. The molecule has 0 unspecified atom stereocenters. The highest BCUT2D eigenvalue weighted by molar-refractivity contribution is 5.41. The summed E-state index contributed by atoms with van der Waals surface area (Å²) in [5.74, 6) is -1.14. The molecule has 0 radical (unpaired) electrons. The van der Waals surface area contributed by atoms with Gasteiger partial charge in [-0.3, -0.25) is 4.98 Å². The van der Waals surface area contributed by atoms with Crippen LogP contribution in [0.5, 0.6) is 11.6 Å². The van der Waals surface area contributed by atoms with Crippen LogP contribution in [0.3, 0.4) is 0 Å². The van der Waals surface area contributed by atoms with E-state index in [-0.39, 0.29) is 23.9 Å². The van der Waals surface area contributed by atoms with E-state index in [2.05, 4.69) is 9.97 Å². The van der Waals surface area contributed by atoms with Crippen molar-refractivity contribution in [2.24, 2.45) is 0 Å². The van der Waals surface area contributed by atoms with Gasteiger partial charge in [-0.05, 0) is 19.3 Å². The molecular formula is C14H12F2N2O2. The number of aromatic hydroxyl groups is 1. The normalized spacial score (nSPS) is 13.3. The molecule has 0 bridgehead atoms. The number of pyridine rings is 2. The summed E-state index contributed by atoms with van der Waals surface area (Å²) >= 11 is 0. The summed E-state index contributed by atoms with van der Waals surface area (Å²) in [4.78, 5) is 7.89. The van der Waals surface area contributed by atoms with E-state index in [9.17, 15) is 13.9 Å². The van der Waals surface area contributed by atoms with E-state index in [4.69, 9.17) is 4.74 Å². The number of halogens is 2. The molecule has 2 heterocycles. The second-order valence-electron chi connectivity index (χ2n) is 4.63. The zero-order valence-electron chi connectivity index (χ0n) is 10.6. The highest BCUT2D eigenvalue weighted by atomic mass is 19.1. The Morgan fingerprint density at radius 3 is 2.90 bits per heavy atom. The van der Waals surface area contributed by atoms with Crippen molar-refractivity contribution in [3.63, 3.8) is 0 Å². The molecule has 0 spiro atoms. The molecule has 0 amide bonds. The number of hydrogen-bond acceptors (Lipinski definition) is 4. The highest BCUT2D eigenvalue weighted by Gasteiger charge is 2.18. The van der Waals surface area contributed by atoms with E-state index >= 15 is 0 Å². The van der Waals surface area contributed by atoms with Gasteiger partial charge in [0.1, 0.15) is 23.9 Å². The number of fused-ring (bicyclic) bond motifs is 1. The van der Waals surface area contributed by atoms with Crippen LogP contribution in [-0.4, -0.2) is 15.1 Å². The van der Waals surface area contributed by atoms with Gasteiger partial charge in [0.25, 0.3) is 0 Å². The Morgan fingerprint density at radius 1 is 1.25 bits per heavy atom. The van der Waals surface area contributed by atoms with Gasteiger partial charge < -0.3 is 9.84 Å². The first-order valence-electron chi connectivity index (χ1n) is 6.28. The molecule has 0 aliphatic heterocycles. The summed E-state index contributed by atoms with van der Waals surface area (Å²) in [5.41, 5.74) is 1.66. The third-order valence-corrected chi connectivity index (χ3v) is 3.24. The van der Waals surface area contributed by atoms with Crippen molar-refractivity contribution in [1.29, 1.82) is 0 Å². The molecule has 0 fully saturated rings. The summed E-state index contributed by atoms with van der Waals surface area (Å²) in [6, 6.07) is 2.16. The Labute approximate surface area is 114 Å². The number of hydrogen-bond donors (Lipinski definition) is 1. The summed E-state index contributed by atoms with van der Waals surface area (Å²) < 4.78 is 31.4. The molecule has 0 aromatic carbocycles. The van der Waals surface area contributed by atoms with E-state index in [1.54, 1.807) is 0 Å². The number of rotatable bonds is 3. The summed E-state index contributed by atoms with van der Waals surface area (Å²) in [7, 11) is 0. The molecule has 20 heavy (non-hydrogen) atoms. The fraction of sp³-hybridized carbons (Fsp3) is 0.286. The summed E-state index contributed by atoms with van der Waals surface area (Å²) in [6.45, 7) is -0.169. The van der Waals surface area contributed by atoms with Gasteiger partial charge in [0.2, 0.25) is 5.88 Å². The van der Waals surface area contributed by atoms with Crippen LogP contribution in [0.4, 0.5) is 8.78 Å². The summed E-state index contributed by atoms with van der Waals surface area (Å²) in [6.07, 6.45) is 3.48. The van der Waals surface area contributed by atoms with E-state index in [0.717, 1.165) is 42.8 Å². The van der Waals surface area contributed by atoms with Crippen LogP contribution in [-0.2, 0) is 19.4 Å². The SMILES string of the molecule is Oc1cc(OCc2ncc(F)cc2F)nc2c1CCC2. The Kier molecular flexibility index (Phi) is 3.22. The molecule has 0 atom stereocenters. The van der Waals surface area contributed by atoms with E-state index in [1.165, 1.54) is 6.07 Å². The molecule has 6 heteroatoms. The second-order valence-corrected chi connectivity index (χ2v) is 4.63. The topological polar surface area (TPSA) is 55.2 Å². The van der Waals surface area contributed by atoms with Crippen molar-refractivity contribution in [2.75, 3.05) is 0 Å². The molecule has 3 rings (SSSR count). The third kappa shape index (κ3) is 2.41. The first kappa shape index (κ1) is 12.8. The Hall–Kier alpha value is -2.24. The smallest absolute Gasteiger partial charge is 0.217 e. The number of ether oxygens (including phenoxy) is 1. The average Bonchev–Trinajstić information content (AvgIpc) is 2.86. The quantitative estimate of drug-likeness (QED) is 0.937. The van der Waals surface area contributed by atoms with Crippen molar-refractivity contribution in [3.8, 4) is 11.6 Å². The van der Waals surface area contributed by atoms with Gasteiger partial charge in [0.15, 0.2) is 5.82 Å². The van der Waals surface area contributed by atoms with Crippen molar-refractivity contribution in [2.45, 2.75) is 25.9 Å². The monoisotopic (exact) mass is 278 g/mol. The van der Waals surface area contributed by atoms with Crippen molar-refractivity contribution in [3.05, 3.63) is 46.9 Å². The van der Waals surface area contributed by atoms with Crippen LogP contribution in [0.1, 0.15) is 23.4 Å².